The minimum absolute atomic E-state index is 0.0410. The minimum Gasteiger partial charge on any atom is -0.426 e. The van der Waals surface area contributed by atoms with E-state index in [1.807, 2.05) is 6.08 Å². The fourth-order valence-electron chi connectivity index (χ4n) is 4.98. The SMILES string of the molecule is CC/C=C(\C(OP1OCC2(CO1)COP(OC1C=C(C)C=C=C1C(C)(C)C)OC2)=C(/CC)C(C)(C)C)C(C)(C)C. The van der Waals surface area contributed by atoms with Crippen LogP contribution in [-0.4, -0.2) is 32.5 Å². The largest absolute Gasteiger partial charge is 0.426 e. The molecule has 2 aliphatic heterocycles. The van der Waals surface area contributed by atoms with E-state index < -0.39 is 17.2 Å². The van der Waals surface area contributed by atoms with Crippen LogP contribution in [0.5, 0.6) is 0 Å². The second-order valence-corrected chi connectivity index (χ2v) is 16.5. The normalized spacial score (nSPS) is 29.2. The number of hydrogen-bond donors (Lipinski definition) is 0. The number of rotatable bonds is 7. The highest BCUT2D eigenvalue weighted by molar-refractivity contribution is 7.42. The summed E-state index contributed by atoms with van der Waals surface area (Å²) in [7, 11) is -3.03. The van der Waals surface area contributed by atoms with Crippen molar-refractivity contribution in [2.45, 2.75) is 102 Å². The maximum absolute atomic E-state index is 6.63. The lowest BCUT2D eigenvalue weighted by atomic mass is 9.77. The van der Waals surface area contributed by atoms with Crippen LogP contribution in [0.1, 0.15) is 95.9 Å². The van der Waals surface area contributed by atoms with E-state index in [0.29, 0.717) is 26.4 Å². The molecule has 1 spiro atoms. The molecule has 1 atom stereocenters. The zero-order chi connectivity index (χ0) is 29.9. The molecule has 0 N–H and O–H groups in total. The van der Waals surface area contributed by atoms with E-state index in [2.05, 4.69) is 101 Å². The average Bonchev–Trinajstić information content (AvgIpc) is 2.83. The molecule has 3 aliphatic rings. The van der Waals surface area contributed by atoms with Crippen molar-refractivity contribution in [3.05, 3.63) is 52.0 Å². The van der Waals surface area contributed by atoms with Crippen molar-refractivity contribution < 1.29 is 27.1 Å². The lowest BCUT2D eigenvalue weighted by Gasteiger charge is -2.42. The van der Waals surface area contributed by atoms with Crippen LogP contribution >= 0.6 is 17.2 Å². The second kappa shape index (κ2) is 13.2. The molecule has 2 saturated heterocycles. The topological polar surface area (TPSA) is 55.4 Å². The first-order valence-corrected chi connectivity index (χ1v) is 16.7. The molecule has 0 aromatic carbocycles. The van der Waals surface area contributed by atoms with Gasteiger partial charge in [0, 0.05) is 5.57 Å². The number of allylic oxidation sites excluding steroid dienone is 4. The molecule has 6 nitrogen and oxygen atoms in total. The molecule has 2 fully saturated rings. The molecule has 0 radical (unpaired) electrons. The lowest BCUT2D eigenvalue weighted by molar-refractivity contribution is -0.0752. The first-order valence-electron chi connectivity index (χ1n) is 14.6. The summed E-state index contributed by atoms with van der Waals surface area (Å²) in [4.78, 5) is 0. The molecule has 0 amide bonds. The maximum Gasteiger partial charge on any atom is 0.397 e. The van der Waals surface area contributed by atoms with Crippen molar-refractivity contribution in [1.29, 1.82) is 0 Å². The van der Waals surface area contributed by atoms with Crippen molar-refractivity contribution >= 4 is 17.2 Å². The smallest absolute Gasteiger partial charge is 0.397 e. The molecular weight excluding hydrogens is 542 g/mol. The Morgan fingerprint density at radius 2 is 1.48 bits per heavy atom. The van der Waals surface area contributed by atoms with Crippen LogP contribution in [0.25, 0.3) is 0 Å². The quantitative estimate of drug-likeness (QED) is 0.127. The Morgan fingerprint density at radius 3 is 1.93 bits per heavy atom. The first-order chi connectivity index (χ1) is 18.5. The molecule has 2 heterocycles. The van der Waals surface area contributed by atoms with E-state index in [-0.39, 0.29) is 27.8 Å². The Kier molecular flexibility index (Phi) is 11.1. The molecule has 40 heavy (non-hydrogen) atoms. The molecule has 1 unspecified atom stereocenters. The molecule has 0 aromatic heterocycles. The first kappa shape index (κ1) is 33.7. The second-order valence-electron chi connectivity index (χ2n) is 14.2. The van der Waals surface area contributed by atoms with Crippen molar-refractivity contribution in [2.75, 3.05) is 26.4 Å². The standard InChI is InChI=1S/C32H52O6P2/c1-13-15-26(31(10,11)12)28(24(14-2)29(4,5)6)38-40-35-21-32(22-36-40)19-33-39(34-20-32)37-27-18-23(3)16-17-25(27)30(7,8)9/h15-16,18,27H,13-14,19-22H2,1-12H3/b26-15+,28-24-. The lowest BCUT2D eigenvalue weighted by Crippen LogP contribution is -2.45. The Morgan fingerprint density at radius 1 is 0.925 bits per heavy atom. The monoisotopic (exact) mass is 594 g/mol. The van der Waals surface area contributed by atoms with Gasteiger partial charge in [-0.15, -0.1) is 5.73 Å². The predicted molar refractivity (Wildman–Crippen MR) is 165 cm³/mol. The van der Waals surface area contributed by atoms with Crippen molar-refractivity contribution in [3.63, 3.8) is 0 Å². The molecule has 0 saturated carbocycles. The molecule has 1 aliphatic carbocycles. The van der Waals surface area contributed by atoms with Gasteiger partial charge in [0.1, 0.15) is 11.9 Å². The fourth-order valence-corrected chi connectivity index (χ4v) is 7.58. The van der Waals surface area contributed by atoms with Crippen molar-refractivity contribution in [3.8, 4) is 0 Å². The third kappa shape index (κ3) is 8.62. The summed E-state index contributed by atoms with van der Waals surface area (Å²) in [6.45, 7) is 28.2. The zero-order valence-electron chi connectivity index (χ0n) is 26.9. The van der Waals surface area contributed by atoms with Gasteiger partial charge >= 0.3 is 17.2 Å². The van der Waals surface area contributed by atoms with Gasteiger partial charge in [0.2, 0.25) is 0 Å². The third-order valence-corrected chi connectivity index (χ3v) is 9.32. The minimum atomic E-state index is -1.55. The van der Waals surface area contributed by atoms with Crippen LogP contribution in [0.2, 0.25) is 0 Å². The van der Waals surface area contributed by atoms with Crippen molar-refractivity contribution in [2.24, 2.45) is 21.7 Å². The highest BCUT2D eigenvalue weighted by Gasteiger charge is 2.46. The predicted octanol–water partition coefficient (Wildman–Crippen LogP) is 10.1. The van der Waals surface area contributed by atoms with E-state index in [0.717, 1.165) is 29.7 Å². The summed E-state index contributed by atoms with van der Waals surface area (Å²) in [6.07, 6.45) is 8.02. The molecule has 226 valence electrons. The van der Waals surface area contributed by atoms with E-state index in [4.69, 9.17) is 27.1 Å². The van der Waals surface area contributed by atoms with Gasteiger partial charge in [-0.3, -0.25) is 4.52 Å². The third-order valence-electron chi connectivity index (χ3n) is 7.23. The van der Waals surface area contributed by atoms with E-state index in [1.165, 1.54) is 11.1 Å². The Labute approximate surface area is 246 Å². The van der Waals surface area contributed by atoms with Crippen LogP contribution in [0, 0.1) is 21.7 Å². The average molecular weight is 595 g/mol. The Balaban J connectivity index is 1.67. The summed E-state index contributed by atoms with van der Waals surface area (Å²) in [5.41, 5.74) is 7.55. The van der Waals surface area contributed by atoms with Gasteiger partial charge in [-0.2, -0.15) is 0 Å². The van der Waals surface area contributed by atoms with Gasteiger partial charge in [-0.1, -0.05) is 82.2 Å². The maximum atomic E-state index is 6.63. The summed E-state index contributed by atoms with van der Waals surface area (Å²) in [5.74, 6) is 0.923. The molecule has 0 bridgehead atoms. The summed E-state index contributed by atoms with van der Waals surface area (Å²) >= 11 is 0. The van der Waals surface area contributed by atoms with Gasteiger partial charge in [-0.25, -0.2) is 0 Å². The van der Waals surface area contributed by atoms with Gasteiger partial charge < -0.3 is 22.6 Å². The molecule has 0 aromatic rings. The Bertz CT molecular complexity index is 1040. The molecule has 8 heteroatoms. The van der Waals surface area contributed by atoms with E-state index in [9.17, 15) is 0 Å². The van der Waals surface area contributed by atoms with Crippen LogP contribution in [-0.2, 0) is 27.1 Å². The van der Waals surface area contributed by atoms with Gasteiger partial charge in [0.15, 0.2) is 0 Å². The van der Waals surface area contributed by atoms with Crippen LogP contribution in [0.3, 0.4) is 0 Å². The van der Waals surface area contributed by atoms with Gasteiger partial charge in [0.25, 0.3) is 0 Å². The van der Waals surface area contributed by atoms with Gasteiger partial charge in [0.05, 0.1) is 31.8 Å². The van der Waals surface area contributed by atoms with Crippen LogP contribution < -0.4 is 0 Å². The molecule has 3 rings (SSSR count). The van der Waals surface area contributed by atoms with Gasteiger partial charge in [-0.05, 0) is 64.9 Å². The highest BCUT2D eigenvalue weighted by atomic mass is 31.2. The van der Waals surface area contributed by atoms with Crippen LogP contribution in [0.4, 0.5) is 0 Å². The fraction of sp³-hybridized carbons (Fsp3) is 0.719. The molecular formula is C32H52O6P2. The van der Waals surface area contributed by atoms with E-state index >= 15 is 0 Å². The Hall–Kier alpha value is -0.800. The zero-order valence-corrected chi connectivity index (χ0v) is 28.7. The summed E-state index contributed by atoms with van der Waals surface area (Å²) < 4.78 is 37.7. The number of hydrogen-bond acceptors (Lipinski definition) is 6. The summed E-state index contributed by atoms with van der Waals surface area (Å²) in [6, 6.07) is 0. The van der Waals surface area contributed by atoms with Crippen molar-refractivity contribution in [1.82, 2.24) is 0 Å². The van der Waals surface area contributed by atoms with E-state index in [1.54, 1.807) is 0 Å². The van der Waals surface area contributed by atoms with Crippen LogP contribution in [0.15, 0.2) is 52.0 Å². The summed E-state index contributed by atoms with van der Waals surface area (Å²) in [5, 5.41) is 0. The highest BCUT2D eigenvalue weighted by Crippen LogP contribution is 2.56.